The van der Waals surface area contributed by atoms with E-state index in [1.807, 2.05) is 46.8 Å². The van der Waals surface area contributed by atoms with E-state index in [1.165, 1.54) is 0 Å². The van der Waals surface area contributed by atoms with E-state index in [4.69, 9.17) is 14.0 Å². The minimum atomic E-state index is -0.601. The molecule has 20 heavy (non-hydrogen) atoms. The van der Waals surface area contributed by atoms with Crippen LogP contribution in [0.3, 0.4) is 0 Å². The summed E-state index contributed by atoms with van der Waals surface area (Å²) in [5, 5.41) is 0. The zero-order valence-corrected chi connectivity index (χ0v) is 12.9. The van der Waals surface area contributed by atoms with E-state index in [0.717, 1.165) is 11.8 Å². The van der Waals surface area contributed by atoms with E-state index in [0.29, 0.717) is 16.8 Å². The molecule has 1 aromatic carbocycles. The predicted octanol–water partition coefficient (Wildman–Crippen LogP) is 2.12. The highest BCUT2D eigenvalue weighted by Gasteiger charge is 2.53. The molecule has 0 atom stereocenters. The fourth-order valence-corrected chi connectivity index (χ4v) is 2.27. The van der Waals surface area contributed by atoms with E-state index in [1.54, 1.807) is 7.11 Å². The van der Waals surface area contributed by atoms with Crippen LogP contribution in [-0.4, -0.2) is 31.7 Å². The number of hydrogen-bond acceptors (Lipinski definition) is 4. The Kier molecular flexibility index (Phi) is 3.69. The number of hydrogen-bond donors (Lipinski definition) is 0. The molecule has 0 radical (unpaired) electrons. The molecule has 1 aliphatic heterocycles. The molecule has 0 aliphatic carbocycles. The molecule has 1 heterocycles. The van der Waals surface area contributed by atoms with Crippen LogP contribution in [0.1, 0.15) is 43.6 Å². The topological polar surface area (TPSA) is 44.8 Å². The van der Waals surface area contributed by atoms with Gasteiger partial charge in [0, 0.05) is 11.0 Å². The summed E-state index contributed by atoms with van der Waals surface area (Å²) in [6, 6.07) is 3.70. The van der Waals surface area contributed by atoms with Gasteiger partial charge in [-0.25, -0.2) is 0 Å². The Hall–Kier alpha value is -1.33. The molecule has 0 N–H and O–H groups in total. The van der Waals surface area contributed by atoms with Crippen LogP contribution in [0.4, 0.5) is 0 Å². The Morgan fingerprint density at radius 3 is 2.15 bits per heavy atom. The zero-order chi connectivity index (χ0) is 15.1. The number of benzene rings is 1. The summed E-state index contributed by atoms with van der Waals surface area (Å²) in [7, 11) is 0.980. The Balaban J connectivity index is 2.51. The van der Waals surface area contributed by atoms with Gasteiger partial charge in [0.15, 0.2) is 0 Å². The van der Waals surface area contributed by atoms with Gasteiger partial charge in [-0.05, 0) is 52.3 Å². The SMILES string of the molecule is COc1cc(C)cc(C=O)c1B1OC(C)(C)C(C)(C)O1. The molecule has 0 saturated carbocycles. The van der Waals surface area contributed by atoms with Crippen LogP contribution in [0.25, 0.3) is 0 Å². The summed E-state index contributed by atoms with van der Waals surface area (Å²) >= 11 is 0. The van der Waals surface area contributed by atoms with Gasteiger partial charge in [0.1, 0.15) is 12.0 Å². The molecule has 0 bridgehead atoms. The second-order valence-electron chi connectivity index (χ2n) is 6.18. The molecule has 4 nitrogen and oxygen atoms in total. The van der Waals surface area contributed by atoms with Crippen LogP contribution < -0.4 is 10.2 Å². The molecule has 0 unspecified atom stereocenters. The number of carbonyl (C=O) groups is 1. The number of rotatable bonds is 3. The molecule has 0 spiro atoms. The lowest BCUT2D eigenvalue weighted by atomic mass is 9.75. The number of methoxy groups -OCH3 is 1. The maximum Gasteiger partial charge on any atom is 0.499 e. The number of aryl methyl sites for hydroxylation is 1. The third kappa shape index (κ3) is 2.36. The summed E-state index contributed by atoms with van der Waals surface area (Å²) in [5.74, 6) is 0.616. The van der Waals surface area contributed by atoms with Crippen LogP contribution in [-0.2, 0) is 9.31 Å². The molecule has 0 amide bonds. The van der Waals surface area contributed by atoms with Gasteiger partial charge >= 0.3 is 7.12 Å². The quantitative estimate of drug-likeness (QED) is 0.626. The molecular formula is C15H21BO4. The van der Waals surface area contributed by atoms with Gasteiger partial charge < -0.3 is 14.0 Å². The van der Waals surface area contributed by atoms with E-state index in [9.17, 15) is 4.79 Å². The van der Waals surface area contributed by atoms with Crippen molar-refractivity contribution in [2.45, 2.75) is 45.8 Å². The molecule has 5 heteroatoms. The normalized spacial score (nSPS) is 20.0. The Bertz CT molecular complexity index is 521. The van der Waals surface area contributed by atoms with Crippen LogP contribution in [0, 0.1) is 6.92 Å². The molecule has 1 fully saturated rings. The second-order valence-corrected chi connectivity index (χ2v) is 6.18. The fourth-order valence-electron chi connectivity index (χ4n) is 2.27. The first kappa shape index (κ1) is 15.1. The molecule has 1 aromatic rings. The largest absolute Gasteiger partial charge is 0.499 e. The third-order valence-corrected chi connectivity index (χ3v) is 4.15. The zero-order valence-electron chi connectivity index (χ0n) is 12.9. The van der Waals surface area contributed by atoms with Crippen molar-refractivity contribution in [1.29, 1.82) is 0 Å². The minimum absolute atomic E-state index is 0.451. The van der Waals surface area contributed by atoms with Crippen molar-refractivity contribution in [3.05, 3.63) is 23.3 Å². The first-order chi connectivity index (χ1) is 9.21. The summed E-state index contributed by atoms with van der Waals surface area (Å²) in [6.45, 7) is 9.84. The number of ether oxygens (including phenoxy) is 1. The second kappa shape index (κ2) is 4.90. The molecule has 0 aromatic heterocycles. The highest BCUT2D eigenvalue weighted by molar-refractivity contribution is 6.64. The van der Waals surface area contributed by atoms with Gasteiger partial charge in [-0.15, -0.1) is 0 Å². The number of carbonyl (C=O) groups excluding carboxylic acids is 1. The summed E-state index contributed by atoms with van der Waals surface area (Å²) in [4.78, 5) is 11.4. The van der Waals surface area contributed by atoms with Gasteiger partial charge in [-0.3, -0.25) is 4.79 Å². The average molecular weight is 276 g/mol. The summed E-state index contributed by atoms with van der Waals surface area (Å²) in [6.07, 6.45) is 0.815. The first-order valence-corrected chi connectivity index (χ1v) is 6.71. The highest BCUT2D eigenvalue weighted by atomic mass is 16.7. The van der Waals surface area contributed by atoms with Gasteiger partial charge in [-0.1, -0.05) is 0 Å². The first-order valence-electron chi connectivity index (χ1n) is 6.71. The maximum atomic E-state index is 11.4. The van der Waals surface area contributed by atoms with Crippen molar-refractivity contribution in [1.82, 2.24) is 0 Å². The van der Waals surface area contributed by atoms with Crippen LogP contribution in [0.15, 0.2) is 12.1 Å². The smallest absolute Gasteiger partial charge is 0.497 e. The van der Waals surface area contributed by atoms with E-state index in [2.05, 4.69) is 0 Å². The van der Waals surface area contributed by atoms with Crippen molar-refractivity contribution < 1.29 is 18.8 Å². The lowest BCUT2D eigenvalue weighted by molar-refractivity contribution is 0.00578. The standard InChI is InChI=1S/C15H21BO4/c1-10-7-11(9-17)13(12(8-10)18-6)16-19-14(2,3)15(4,5)20-16/h7-9H,1-6H3. The Morgan fingerprint density at radius 1 is 1.15 bits per heavy atom. The van der Waals surface area contributed by atoms with E-state index >= 15 is 0 Å². The van der Waals surface area contributed by atoms with Gasteiger partial charge in [0.05, 0.1) is 18.3 Å². The Morgan fingerprint density at radius 2 is 1.70 bits per heavy atom. The monoisotopic (exact) mass is 276 g/mol. The summed E-state index contributed by atoms with van der Waals surface area (Å²) in [5.41, 5.74) is 1.26. The van der Waals surface area contributed by atoms with E-state index in [-0.39, 0.29) is 0 Å². The minimum Gasteiger partial charge on any atom is -0.497 e. The lowest BCUT2D eigenvalue weighted by Gasteiger charge is -2.32. The van der Waals surface area contributed by atoms with Gasteiger partial charge in [-0.2, -0.15) is 0 Å². The highest BCUT2D eigenvalue weighted by Crippen LogP contribution is 2.37. The van der Waals surface area contributed by atoms with Crippen molar-refractivity contribution >= 4 is 18.9 Å². The van der Waals surface area contributed by atoms with Crippen molar-refractivity contribution in [3.8, 4) is 5.75 Å². The molecule has 108 valence electrons. The van der Waals surface area contributed by atoms with E-state index < -0.39 is 18.3 Å². The van der Waals surface area contributed by atoms with Crippen molar-refractivity contribution in [3.63, 3.8) is 0 Å². The molecular weight excluding hydrogens is 255 g/mol. The molecule has 1 aliphatic rings. The number of aldehydes is 1. The van der Waals surface area contributed by atoms with Gasteiger partial charge in [0.25, 0.3) is 0 Å². The van der Waals surface area contributed by atoms with Crippen molar-refractivity contribution in [2.24, 2.45) is 0 Å². The van der Waals surface area contributed by atoms with Crippen LogP contribution in [0.2, 0.25) is 0 Å². The Labute approximate surface area is 120 Å². The fraction of sp³-hybridized carbons (Fsp3) is 0.533. The molecule has 2 rings (SSSR count). The molecule has 1 saturated heterocycles. The maximum absolute atomic E-state index is 11.4. The predicted molar refractivity (Wildman–Crippen MR) is 78.8 cm³/mol. The average Bonchev–Trinajstić information content (AvgIpc) is 2.56. The van der Waals surface area contributed by atoms with Gasteiger partial charge in [0.2, 0.25) is 0 Å². The van der Waals surface area contributed by atoms with Crippen LogP contribution in [0.5, 0.6) is 5.75 Å². The van der Waals surface area contributed by atoms with Crippen LogP contribution >= 0.6 is 0 Å². The summed E-state index contributed by atoms with van der Waals surface area (Å²) < 4.78 is 17.4. The van der Waals surface area contributed by atoms with Crippen molar-refractivity contribution in [2.75, 3.05) is 7.11 Å². The third-order valence-electron chi connectivity index (χ3n) is 4.15. The lowest BCUT2D eigenvalue weighted by Crippen LogP contribution is -2.41.